The molecule has 0 unspecified atom stereocenters. The molecule has 20 heavy (non-hydrogen) atoms. The summed E-state index contributed by atoms with van der Waals surface area (Å²) in [5.41, 5.74) is 1.62. The predicted molar refractivity (Wildman–Crippen MR) is 81.6 cm³/mol. The lowest BCUT2D eigenvalue weighted by molar-refractivity contribution is 0.473. The second-order valence-electron chi connectivity index (χ2n) is 6.77. The minimum Gasteiger partial charge on any atom is -0.370 e. The second-order valence-corrected chi connectivity index (χ2v) is 7.11. The molecule has 1 aliphatic heterocycles. The zero-order valence-electron chi connectivity index (χ0n) is 12.0. The predicted octanol–water partition coefficient (Wildman–Crippen LogP) is 3.11. The average molecular weight is 293 g/mol. The number of halogens is 1. The van der Waals surface area contributed by atoms with Crippen molar-refractivity contribution in [3.8, 4) is 0 Å². The summed E-state index contributed by atoms with van der Waals surface area (Å²) in [6.07, 6.45) is 9.86. The first kappa shape index (κ1) is 12.7. The van der Waals surface area contributed by atoms with Crippen molar-refractivity contribution < 1.29 is 0 Å². The summed E-state index contributed by atoms with van der Waals surface area (Å²) in [6, 6.07) is 0.642. The molecule has 0 amide bonds. The van der Waals surface area contributed by atoms with Crippen molar-refractivity contribution in [3.05, 3.63) is 11.5 Å². The summed E-state index contributed by atoms with van der Waals surface area (Å²) < 4.78 is 0. The molecule has 4 nitrogen and oxygen atoms in total. The topological polar surface area (TPSA) is 32.3 Å². The van der Waals surface area contributed by atoms with Gasteiger partial charge in [0.25, 0.3) is 0 Å². The van der Waals surface area contributed by atoms with Gasteiger partial charge in [-0.15, -0.1) is 0 Å². The fourth-order valence-electron chi connectivity index (χ4n) is 3.91. The summed E-state index contributed by atoms with van der Waals surface area (Å²) in [6.45, 7) is 2.26. The minimum atomic E-state index is 0.367. The van der Waals surface area contributed by atoms with E-state index in [0.29, 0.717) is 16.7 Å². The lowest BCUT2D eigenvalue weighted by Gasteiger charge is -2.31. The monoisotopic (exact) mass is 292 g/mol. The van der Waals surface area contributed by atoms with Crippen LogP contribution in [0.4, 0.5) is 11.5 Å². The second kappa shape index (κ2) is 4.48. The Labute approximate surface area is 125 Å². The van der Waals surface area contributed by atoms with Crippen LogP contribution in [0.15, 0.2) is 6.20 Å². The summed E-state index contributed by atoms with van der Waals surface area (Å²) in [5.74, 6) is 1.06. The Morgan fingerprint density at radius 1 is 1.25 bits per heavy atom. The Morgan fingerprint density at radius 2 is 2.00 bits per heavy atom. The maximum Gasteiger partial charge on any atom is 0.224 e. The Bertz CT molecular complexity index is 523. The maximum atomic E-state index is 6.07. The van der Waals surface area contributed by atoms with E-state index in [0.717, 1.165) is 24.6 Å². The van der Waals surface area contributed by atoms with Gasteiger partial charge in [-0.05, 0) is 37.3 Å². The van der Waals surface area contributed by atoms with Crippen LogP contribution in [0.25, 0.3) is 0 Å². The molecular weight excluding hydrogens is 272 g/mol. The molecule has 2 heterocycles. The highest BCUT2D eigenvalue weighted by Gasteiger charge is 2.48. The van der Waals surface area contributed by atoms with Crippen LogP contribution in [0, 0.1) is 5.41 Å². The molecule has 5 heteroatoms. The van der Waals surface area contributed by atoms with E-state index in [-0.39, 0.29) is 0 Å². The first-order chi connectivity index (χ1) is 9.67. The van der Waals surface area contributed by atoms with Crippen molar-refractivity contribution in [3.63, 3.8) is 0 Å². The van der Waals surface area contributed by atoms with Crippen LogP contribution in [0.1, 0.15) is 38.5 Å². The van der Waals surface area contributed by atoms with E-state index in [9.17, 15) is 0 Å². The van der Waals surface area contributed by atoms with Gasteiger partial charge < -0.3 is 9.80 Å². The van der Waals surface area contributed by atoms with Crippen LogP contribution in [0.5, 0.6) is 0 Å². The van der Waals surface area contributed by atoms with Crippen LogP contribution in [0.2, 0.25) is 5.28 Å². The van der Waals surface area contributed by atoms with Crippen molar-refractivity contribution in [1.29, 1.82) is 0 Å². The minimum absolute atomic E-state index is 0.367. The Hall–Kier alpha value is -1.03. The Morgan fingerprint density at radius 3 is 2.70 bits per heavy atom. The van der Waals surface area contributed by atoms with E-state index in [1.807, 2.05) is 6.20 Å². The Kier molecular flexibility index (Phi) is 2.85. The summed E-state index contributed by atoms with van der Waals surface area (Å²) in [5, 5.41) is 0.367. The van der Waals surface area contributed by atoms with Gasteiger partial charge in [0, 0.05) is 31.6 Å². The van der Waals surface area contributed by atoms with Crippen molar-refractivity contribution >= 4 is 23.1 Å². The first-order valence-electron chi connectivity index (χ1n) is 7.67. The van der Waals surface area contributed by atoms with E-state index in [4.69, 9.17) is 11.6 Å². The molecule has 1 aromatic heterocycles. The van der Waals surface area contributed by atoms with Gasteiger partial charge in [-0.3, -0.25) is 0 Å². The highest BCUT2D eigenvalue weighted by Crippen LogP contribution is 2.51. The molecule has 0 bridgehead atoms. The highest BCUT2D eigenvalue weighted by molar-refractivity contribution is 6.28. The SMILES string of the molecule is CN1CC2(CC2)CN(C2CCCC2)c2nc(Cl)ncc21. The largest absolute Gasteiger partial charge is 0.370 e. The van der Waals surface area contributed by atoms with Crippen molar-refractivity contribution in [1.82, 2.24) is 9.97 Å². The standard InChI is InChI=1S/C15H21ClN4/c1-19-9-15(6-7-15)10-20(11-4-2-3-5-11)13-12(19)8-17-14(16)18-13/h8,11H,2-7,9-10H2,1H3. The zero-order valence-corrected chi connectivity index (χ0v) is 12.7. The van der Waals surface area contributed by atoms with Crippen molar-refractivity contribution in [2.45, 2.75) is 44.6 Å². The third kappa shape index (κ3) is 2.05. The van der Waals surface area contributed by atoms with Crippen molar-refractivity contribution in [2.75, 3.05) is 29.9 Å². The van der Waals surface area contributed by atoms with Gasteiger partial charge in [0.1, 0.15) is 0 Å². The molecule has 2 aliphatic carbocycles. The number of aromatic nitrogens is 2. The third-order valence-corrected chi connectivity index (χ3v) is 5.39. The third-order valence-electron chi connectivity index (χ3n) is 5.20. The van der Waals surface area contributed by atoms with Gasteiger partial charge in [-0.25, -0.2) is 4.98 Å². The summed E-state index contributed by atoms with van der Waals surface area (Å²) in [4.78, 5) is 13.7. The Balaban J connectivity index is 1.78. The molecule has 0 aromatic carbocycles. The normalized spacial score (nSPS) is 24.9. The maximum absolute atomic E-state index is 6.07. The lowest BCUT2D eigenvalue weighted by Crippen LogP contribution is -2.39. The molecule has 0 radical (unpaired) electrons. The van der Waals surface area contributed by atoms with Crippen LogP contribution in [0.3, 0.4) is 0 Å². The van der Waals surface area contributed by atoms with Gasteiger partial charge in [0.15, 0.2) is 5.82 Å². The lowest BCUT2D eigenvalue weighted by atomic mass is 10.1. The van der Waals surface area contributed by atoms with E-state index in [1.165, 1.54) is 38.5 Å². The molecular formula is C15H21ClN4. The number of nitrogens with zero attached hydrogens (tertiary/aromatic N) is 4. The molecule has 0 saturated heterocycles. The van der Waals surface area contributed by atoms with E-state index in [2.05, 4.69) is 26.8 Å². The van der Waals surface area contributed by atoms with Crippen LogP contribution in [-0.2, 0) is 0 Å². The molecule has 1 spiro atoms. The molecule has 3 aliphatic rings. The van der Waals surface area contributed by atoms with Crippen molar-refractivity contribution in [2.24, 2.45) is 5.41 Å². The first-order valence-corrected chi connectivity index (χ1v) is 8.05. The van der Waals surface area contributed by atoms with Gasteiger partial charge >= 0.3 is 0 Å². The quantitative estimate of drug-likeness (QED) is 0.745. The smallest absolute Gasteiger partial charge is 0.224 e. The fourth-order valence-corrected chi connectivity index (χ4v) is 4.04. The molecule has 108 valence electrons. The zero-order chi connectivity index (χ0) is 13.7. The van der Waals surface area contributed by atoms with Gasteiger partial charge in [-0.1, -0.05) is 12.8 Å². The van der Waals surface area contributed by atoms with Gasteiger partial charge in [-0.2, -0.15) is 4.98 Å². The molecule has 2 saturated carbocycles. The highest BCUT2D eigenvalue weighted by atomic mass is 35.5. The summed E-state index contributed by atoms with van der Waals surface area (Å²) in [7, 11) is 2.16. The number of anilines is 2. The molecule has 4 rings (SSSR count). The fraction of sp³-hybridized carbons (Fsp3) is 0.733. The number of hydrogen-bond donors (Lipinski definition) is 0. The van der Waals surface area contributed by atoms with E-state index < -0.39 is 0 Å². The number of hydrogen-bond acceptors (Lipinski definition) is 4. The molecule has 2 fully saturated rings. The molecule has 1 aromatic rings. The van der Waals surface area contributed by atoms with Crippen LogP contribution >= 0.6 is 11.6 Å². The average Bonchev–Trinajstić information content (AvgIpc) is 3.00. The van der Waals surface area contributed by atoms with E-state index in [1.54, 1.807) is 0 Å². The van der Waals surface area contributed by atoms with E-state index >= 15 is 0 Å². The van der Waals surface area contributed by atoms with Gasteiger partial charge in [0.2, 0.25) is 5.28 Å². The molecule has 0 atom stereocenters. The molecule has 0 N–H and O–H groups in total. The number of fused-ring (bicyclic) bond motifs is 1. The van der Waals surface area contributed by atoms with Crippen LogP contribution < -0.4 is 9.80 Å². The number of rotatable bonds is 1. The van der Waals surface area contributed by atoms with Gasteiger partial charge in [0.05, 0.1) is 11.9 Å². The summed E-state index contributed by atoms with van der Waals surface area (Å²) >= 11 is 6.07. The van der Waals surface area contributed by atoms with Crippen LogP contribution in [-0.4, -0.2) is 36.1 Å².